The van der Waals surface area contributed by atoms with Gasteiger partial charge in [-0.05, 0) is 37.5 Å². The first-order valence-corrected chi connectivity index (χ1v) is 8.40. The molecular weight excluding hydrogens is 325 g/mol. The first-order chi connectivity index (χ1) is 12.1. The molecule has 3 rings (SSSR count). The van der Waals surface area contributed by atoms with Gasteiger partial charge in [-0.3, -0.25) is 4.79 Å². The molecule has 0 radical (unpaired) electrons. The number of likely N-dealkylation sites (tertiary alicyclic amines) is 1. The molecule has 6 nitrogen and oxygen atoms in total. The van der Waals surface area contributed by atoms with Gasteiger partial charge in [0.15, 0.2) is 0 Å². The molecule has 1 saturated heterocycles. The number of aromatic nitrogens is 2. The van der Waals surface area contributed by atoms with Gasteiger partial charge in [0.1, 0.15) is 17.2 Å². The normalized spacial score (nSPS) is 20.7. The van der Waals surface area contributed by atoms with Crippen LogP contribution in [0.4, 0.5) is 4.39 Å². The third kappa shape index (κ3) is 4.22. The van der Waals surface area contributed by atoms with E-state index in [-0.39, 0.29) is 30.2 Å². The number of amides is 1. The predicted molar refractivity (Wildman–Crippen MR) is 88.3 cm³/mol. The molecule has 0 spiro atoms. The highest BCUT2D eigenvalue weighted by atomic mass is 19.1. The number of piperidine rings is 1. The lowest BCUT2D eigenvalue weighted by Gasteiger charge is -2.38. The second-order valence-electron chi connectivity index (χ2n) is 6.47. The number of hydrogen-bond donors (Lipinski definition) is 0. The van der Waals surface area contributed by atoms with Gasteiger partial charge in [0.05, 0.1) is 12.5 Å². The first-order valence-electron chi connectivity index (χ1n) is 8.40. The lowest BCUT2D eigenvalue weighted by molar-refractivity contribution is -0.135. The molecule has 1 aromatic heterocycles. The molecule has 25 heavy (non-hydrogen) atoms. The number of carbonyl (C=O) groups is 1. The summed E-state index contributed by atoms with van der Waals surface area (Å²) < 4.78 is 23.7. The summed E-state index contributed by atoms with van der Waals surface area (Å²) >= 11 is 0. The number of aryl methyl sites for hydroxylation is 1. The Hall–Kier alpha value is -2.28. The van der Waals surface area contributed by atoms with Crippen LogP contribution >= 0.6 is 0 Å². The second kappa shape index (κ2) is 7.74. The van der Waals surface area contributed by atoms with Crippen LogP contribution in [0.5, 0.6) is 0 Å². The Kier molecular flexibility index (Phi) is 5.43. The van der Waals surface area contributed by atoms with Crippen LogP contribution in [0, 0.1) is 18.7 Å². The van der Waals surface area contributed by atoms with E-state index in [0.717, 1.165) is 12.0 Å². The average molecular weight is 347 g/mol. The van der Waals surface area contributed by atoms with Gasteiger partial charge < -0.3 is 9.64 Å². The number of carbonyl (C=O) groups excluding carboxylic acids is 1. The van der Waals surface area contributed by atoms with Crippen molar-refractivity contribution in [1.29, 1.82) is 0 Å². The Balaban J connectivity index is 1.67. The van der Waals surface area contributed by atoms with E-state index in [2.05, 4.69) is 14.9 Å². The second-order valence-corrected chi connectivity index (χ2v) is 6.47. The maximum atomic E-state index is 13.4. The molecule has 134 valence electrons. The number of nitrogens with zero attached hydrogens (tertiary/aromatic N) is 3. The van der Waals surface area contributed by atoms with E-state index < -0.39 is 0 Å². The Morgan fingerprint density at radius 1 is 1.44 bits per heavy atom. The standard InChI is InChI=1S/C18H22FN3O3/c1-12-16(21-25-20-12)10-18(23)22-7-6-17(24-2)14(11-22)8-13-4-3-5-15(19)9-13/h3-5,9,14,17H,6-8,10-11H2,1-2H3/t14-,17-/m1/s1. The molecule has 0 bridgehead atoms. The van der Waals surface area contributed by atoms with Gasteiger partial charge in [-0.1, -0.05) is 22.4 Å². The minimum Gasteiger partial charge on any atom is -0.381 e. The fraction of sp³-hybridized carbons (Fsp3) is 0.500. The monoisotopic (exact) mass is 347 g/mol. The van der Waals surface area contributed by atoms with Crippen molar-refractivity contribution >= 4 is 5.91 Å². The molecule has 1 aliphatic heterocycles. The minimum atomic E-state index is -0.246. The van der Waals surface area contributed by atoms with Crippen molar-refractivity contribution in [1.82, 2.24) is 15.2 Å². The molecule has 2 heterocycles. The molecule has 2 aromatic rings. The van der Waals surface area contributed by atoms with E-state index >= 15 is 0 Å². The van der Waals surface area contributed by atoms with Crippen LogP contribution in [0.3, 0.4) is 0 Å². The largest absolute Gasteiger partial charge is 0.381 e. The van der Waals surface area contributed by atoms with E-state index in [1.807, 2.05) is 11.0 Å². The third-order valence-electron chi connectivity index (χ3n) is 4.77. The minimum absolute atomic E-state index is 0.00223. The fourth-order valence-electron chi connectivity index (χ4n) is 3.38. The van der Waals surface area contributed by atoms with Crippen LogP contribution < -0.4 is 0 Å². The number of rotatable bonds is 5. The molecule has 1 fully saturated rings. The van der Waals surface area contributed by atoms with Crippen molar-refractivity contribution in [3.63, 3.8) is 0 Å². The summed E-state index contributed by atoms with van der Waals surface area (Å²) in [5.41, 5.74) is 2.12. The van der Waals surface area contributed by atoms with Crippen molar-refractivity contribution in [3.05, 3.63) is 47.0 Å². The van der Waals surface area contributed by atoms with Crippen molar-refractivity contribution in [3.8, 4) is 0 Å². The summed E-state index contributed by atoms with van der Waals surface area (Å²) in [6, 6.07) is 6.58. The zero-order valence-electron chi connectivity index (χ0n) is 14.4. The van der Waals surface area contributed by atoms with Gasteiger partial charge >= 0.3 is 0 Å². The first kappa shape index (κ1) is 17.5. The summed E-state index contributed by atoms with van der Waals surface area (Å²) in [7, 11) is 1.69. The summed E-state index contributed by atoms with van der Waals surface area (Å²) in [6.07, 6.45) is 1.67. The zero-order valence-corrected chi connectivity index (χ0v) is 14.4. The smallest absolute Gasteiger partial charge is 0.228 e. The van der Waals surface area contributed by atoms with Crippen LogP contribution in [0.1, 0.15) is 23.4 Å². The van der Waals surface area contributed by atoms with Crippen LogP contribution in [0.2, 0.25) is 0 Å². The molecule has 0 saturated carbocycles. The lowest BCUT2D eigenvalue weighted by Crippen LogP contribution is -2.47. The van der Waals surface area contributed by atoms with E-state index in [1.54, 1.807) is 20.1 Å². The molecule has 1 amide bonds. The summed E-state index contributed by atoms with van der Waals surface area (Å²) in [4.78, 5) is 14.4. The highest BCUT2D eigenvalue weighted by molar-refractivity contribution is 5.78. The summed E-state index contributed by atoms with van der Waals surface area (Å²) in [5.74, 6) is -0.122. The fourth-order valence-corrected chi connectivity index (χ4v) is 3.38. The Labute approximate surface area is 145 Å². The van der Waals surface area contributed by atoms with Gasteiger partial charge in [-0.15, -0.1) is 0 Å². The quantitative estimate of drug-likeness (QED) is 0.829. The highest BCUT2D eigenvalue weighted by Gasteiger charge is 2.32. The van der Waals surface area contributed by atoms with E-state index in [9.17, 15) is 9.18 Å². The van der Waals surface area contributed by atoms with Crippen molar-refractivity contribution < 1.29 is 18.6 Å². The van der Waals surface area contributed by atoms with E-state index in [1.165, 1.54) is 12.1 Å². The number of benzene rings is 1. The predicted octanol–water partition coefficient (Wildman–Crippen LogP) is 2.17. The van der Waals surface area contributed by atoms with Crippen molar-refractivity contribution in [2.75, 3.05) is 20.2 Å². The average Bonchev–Trinajstić information content (AvgIpc) is 2.99. The van der Waals surface area contributed by atoms with Crippen LogP contribution in [0.15, 0.2) is 28.9 Å². The molecule has 7 heteroatoms. The van der Waals surface area contributed by atoms with E-state index in [0.29, 0.717) is 30.9 Å². The summed E-state index contributed by atoms with van der Waals surface area (Å²) in [5, 5.41) is 7.49. The van der Waals surface area contributed by atoms with Crippen LogP contribution in [0.25, 0.3) is 0 Å². The number of ether oxygens (including phenoxy) is 1. The molecule has 0 unspecified atom stereocenters. The van der Waals surface area contributed by atoms with Gasteiger partial charge in [-0.2, -0.15) is 0 Å². The SMILES string of the molecule is CO[C@@H]1CCN(C(=O)Cc2nonc2C)C[C@H]1Cc1cccc(F)c1. The number of methoxy groups -OCH3 is 1. The Morgan fingerprint density at radius 2 is 2.28 bits per heavy atom. The van der Waals surface area contributed by atoms with Gasteiger partial charge in [0.2, 0.25) is 5.91 Å². The molecule has 0 aliphatic carbocycles. The topological polar surface area (TPSA) is 68.5 Å². The van der Waals surface area contributed by atoms with Gasteiger partial charge in [0.25, 0.3) is 0 Å². The highest BCUT2D eigenvalue weighted by Crippen LogP contribution is 2.24. The number of halogens is 1. The van der Waals surface area contributed by atoms with Gasteiger partial charge in [0, 0.05) is 26.1 Å². The molecule has 1 aliphatic rings. The maximum absolute atomic E-state index is 13.4. The number of hydrogen-bond acceptors (Lipinski definition) is 5. The Morgan fingerprint density at radius 3 is 2.96 bits per heavy atom. The third-order valence-corrected chi connectivity index (χ3v) is 4.77. The van der Waals surface area contributed by atoms with Gasteiger partial charge in [-0.25, -0.2) is 9.02 Å². The maximum Gasteiger partial charge on any atom is 0.228 e. The van der Waals surface area contributed by atoms with Crippen LogP contribution in [-0.2, 0) is 22.4 Å². The molecule has 0 N–H and O–H groups in total. The summed E-state index contributed by atoms with van der Waals surface area (Å²) in [6.45, 7) is 2.99. The van der Waals surface area contributed by atoms with Crippen molar-refractivity contribution in [2.24, 2.45) is 5.92 Å². The van der Waals surface area contributed by atoms with E-state index in [4.69, 9.17) is 4.74 Å². The molecular formula is C18H22FN3O3. The Bertz CT molecular complexity index is 734. The van der Waals surface area contributed by atoms with Crippen LogP contribution in [-0.4, -0.2) is 47.4 Å². The molecule has 2 atom stereocenters. The van der Waals surface area contributed by atoms with Crippen molar-refractivity contribution in [2.45, 2.75) is 32.3 Å². The zero-order chi connectivity index (χ0) is 17.8. The lowest BCUT2D eigenvalue weighted by atomic mass is 9.88. The molecule has 1 aromatic carbocycles.